The number of hydrogen-bond donors (Lipinski definition) is 1. The largest absolute Gasteiger partial charge is 0.772 e. The Labute approximate surface area is 66.2 Å². The maximum atomic E-state index is 10.2. The molecule has 1 aromatic heterocycles. The molecule has 0 saturated carbocycles. The quantitative estimate of drug-likeness (QED) is 0.645. The zero-order valence-electron chi connectivity index (χ0n) is 5.56. The Bertz CT molecular complexity index is 276. The van der Waals surface area contributed by atoms with Crippen LogP contribution in [0.2, 0.25) is 0 Å². The van der Waals surface area contributed by atoms with Gasteiger partial charge in [-0.05, 0) is 11.6 Å². The molecule has 0 aliphatic rings. The summed E-state index contributed by atoms with van der Waals surface area (Å²) in [4.78, 5) is 3.61. The second-order valence-corrected chi connectivity index (χ2v) is 2.90. The van der Waals surface area contributed by atoms with E-state index in [1.54, 1.807) is 0 Å². The monoisotopic (exact) mass is 172 g/mol. The molecule has 0 aliphatic carbocycles. The normalized spacial score (nSPS) is 12.8. The second kappa shape index (κ2) is 3.45. The van der Waals surface area contributed by atoms with Crippen LogP contribution in [0.15, 0.2) is 18.5 Å². The molecule has 0 radical (unpaired) electrons. The maximum Gasteiger partial charge on any atom is 0.134 e. The molecule has 1 unspecified atom stereocenters. The van der Waals surface area contributed by atoms with E-state index < -0.39 is 11.1 Å². The molecule has 0 bridgehead atoms. The highest BCUT2D eigenvalue weighted by Crippen LogP contribution is 2.09. The van der Waals surface area contributed by atoms with Gasteiger partial charge in [-0.1, -0.05) is 11.1 Å². The van der Waals surface area contributed by atoms with Gasteiger partial charge in [-0.2, -0.15) is 0 Å². The Morgan fingerprint density at radius 3 is 2.91 bits per heavy atom. The molecule has 0 spiro atoms. The van der Waals surface area contributed by atoms with Crippen LogP contribution in [0.4, 0.5) is 0 Å². The summed E-state index contributed by atoms with van der Waals surface area (Å²) in [7, 11) is 0. The first-order valence-electron chi connectivity index (χ1n) is 2.87. The van der Waals surface area contributed by atoms with E-state index in [9.17, 15) is 8.76 Å². The van der Waals surface area contributed by atoms with Crippen LogP contribution in [0.1, 0.15) is 5.56 Å². The standard InChI is InChI=1S/C6H7NO3S/c8-6-1-5(2-7-3-6)4-11(9)10/h1-3,8H,4H2,(H,9,10)/p-1. The first-order valence-corrected chi connectivity index (χ1v) is 4.11. The molecule has 0 aromatic carbocycles. The summed E-state index contributed by atoms with van der Waals surface area (Å²) in [5.74, 6) is -0.130. The van der Waals surface area contributed by atoms with Gasteiger partial charge in [0.2, 0.25) is 0 Å². The molecule has 0 amide bonds. The van der Waals surface area contributed by atoms with Crippen LogP contribution in [-0.4, -0.2) is 18.9 Å². The Balaban J connectivity index is 2.79. The molecular weight excluding hydrogens is 166 g/mol. The van der Waals surface area contributed by atoms with Gasteiger partial charge in [0, 0.05) is 11.9 Å². The van der Waals surface area contributed by atoms with Gasteiger partial charge >= 0.3 is 0 Å². The highest BCUT2D eigenvalue weighted by molar-refractivity contribution is 7.78. The van der Waals surface area contributed by atoms with Gasteiger partial charge in [0.15, 0.2) is 0 Å². The molecule has 11 heavy (non-hydrogen) atoms. The summed E-state index contributed by atoms with van der Waals surface area (Å²) in [5.41, 5.74) is 0.485. The molecular formula is C6H6NO3S-. The van der Waals surface area contributed by atoms with Crippen molar-refractivity contribution in [2.45, 2.75) is 5.75 Å². The van der Waals surface area contributed by atoms with Crippen LogP contribution < -0.4 is 0 Å². The van der Waals surface area contributed by atoms with Gasteiger partial charge in [0.25, 0.3) is 0 Å². The Hall–Kier alpha value is -0.940. The molecule has 60 valence electrons. The number of nitrogens with zero attached hydrogens (tertiary/aromatic N) is 1. The lowest BCUT2D eigenvalue weighted by atomic mass is 10.3. The summed E-state index contributed by atoms with van der Waals surface area (Å²) in [6.45, 7) is 0. The second-order valence-electron chi connectivity index (χ2n) is 2.00. The number of aromatic nitrogens is 1. The van der Waals surface area contributed by atoms with Crippen LogP contribution in [0.5, 0.6) is 5.75 Å². The van der Waals surface area contributed by atoms with Crippen molar-refractivity contribution in [2.24, 2.45) is 0 Å². The van der Waals surface area contributed by atoms with Crippen molar-refractivity contribution in [3.8, 4) is 5.75 Å². The predicted octanol–water partition coefficient (Wildman–Crippen LogP) is 0.166. The van der Waals surface area contributed by atoms with Crippen molar-refractivity contribution >= 4 is 11.1 Å². The van der Waals surface area contributed by atoms with Crippen LogP contribution in [0.3, 0.4) is 0 Å². The fraction of sp³-hybridized carbons (Fsp3) is 0.167. The van der Waals surface area contributed by atoms with Crippen LogP contribution >= 0.6 is 0 Å². The summed E-state index contributed by atoms with van der Waals surface area (Å²) >= 11 is -2.13. The number of hydrogen-bond acceptors (Lipinski definition) is 4. The van der Waals surface area contributed by atoms with Crippen molar-refractivity contribution < 1.29 is 13.9 Å². The van der Waals surface area contributed by atoms with Crippen LogP contribution in [-0.2, 0) is 16.8 Å². The van der Waals surface area contributed by atoms with Crippen molar-refractivity contribution in [3.05, 3.63) is 24.0 Å². The summed E-state index contributed by atoms with van der Waals surface area (Å²) in [5, 5.41) is 8.86. The molecule has 4 nitrogen and oxygen atoms in total. The third kappa shape index (κ3) is 2.65. The molecule has 1 atom stereocenters. The average Bonchev–Trinajstić information content (AvgIpc) is 1.85. The minimum atomic E-state index is -2.13. The number of pyridine rings is 1. The Morgan fingerprint density at radius 2 is 2.36 bits per heavy atom. The molecule has 0 saturated heterocycles. The van der Waals surface area contributed by atoms with Crippen LogP contribution in [0.25, 0.3) is 0 Å². The average molecular weight is 172 g/mol. The Kier molecular flexibility index (Phi) is 2.56. The molecule has 1 heterocycles. The fourth-order valence-electron chi connectivity index (χ4n) is 0.689. The summed E-state index contributed by atoms with van der Waals surface area (Å²) in [6, 6.07) is 1.36. The van der Waals surface area contributed by atoms with E-state index in [1.165, 1.54) is 18.5 Å². The molecule has 0 fully saturated rings. The minimum Gasteiger partial charge on any atom is -0.772 e. The molecule has 1 aromatic rings. The maximum absolute atomic E-state index is 10.2. The van der Waals surface area contributed by atoms with Gasteiger partial charge in [-0.15, -0.1) is 0 Å². The number of aromatic hydroxyl groups is 1. The first kappa shape index (κ1) is 8.16. The lowest BCUT2D eigenvalue weighted by Crippen LogP contribution is -1.93. The zero-order valence-corrected chi connectivity index (χ0v) is 6.37. The van der Waals surface area contributed by atoms with E-state index >= 15 is 0 Å². The predicted molar refractivity (Wildman–Crippen MR) is 38.5 cm³/mol. The highest BCUT2D eigenvalue weighted by atomic mass is 32.2. The lowest BCUT2D eigenvalue weighted by molar-refractivity contribution is 0.472. The van der Waals surface area contributed by atoms with Gasteiger partial charge < -0.3 is 9.66 Å². The number of rotatable bonds is 2. The van der Waals surface area contributed by atoms with Crippen molar-refractivity contribution in [1.82, 2.24) is 4.98 Å². The van der Waals surface area contributed by atoms with E-state index in [2.05, 4.69) is 4.98 Å². The minimum absolute atomic E-state index is 0.0204. The smallest absolute Gasteiger partial charge is 0.134 e. The molecule has 5 heteroatoms. The molecule has 1 rings (SSSR count). The zero-order chi connectivity index (χ0) is 8.27. The van der Waals surface area contributed by atoms with Gasteiger partial charge in [-0.25, -0.2) is 0 Å². The van der Waals surface area contributed by atoms with Gasteiger partial charge in [0.05, 0.1) is 6.20 Å². The van der Waals surface area contributed by atoms with E-state index in [1.807, 2.05) is 0 Å². The van der Waals surface area contributed by atoms with Gasteiger partial charge in [0.1, 0.15) is 5.75 Å². The highest BCUT2D eigenvalue weighted by Gasteiger charge is 1.93. The van der Waals surface area contributed by atoms with E-state index in [-0.39, 0.29) is 11.5 Å². The molecule has 1 N–H and O–H groups in total. The Morgan fingerprint density at radius 1 is 1.64 bits per heavy atom. The molecule has 0 aliphatic heterocycles. The first-order chi connectivity index (χ1) is 5.18. The van der Waals surface area contributed by atoms with Crippen molar-refractivity contribution in [2.75, 3.05) is 0 Å². The SMILES string of the molecule is O=S([O-])Cc1cncc(O)c1. The van der Waals surface area contributed by atoms with Crippen LogP contribution in [0, 0.1) is 0 Å². The summed E-state index contributed by atoms with van der Waals surface area (Å²) in [6.07, 6.45) is 2.65. The topological polar surface area (TPSA) is 73.2 Å². The van der Waals surface area contributed by atoms with E-state index in [0.29, 0.717) is 5.56 Å². The summed E-state index contributed by atoms with van der Waals surface area (Å²) < 4.78 is 20.3. The van der Waals surface area contributed by atoms with Crippen molar-refractivity contribution in [3.63, 3.8) is 0 Å². The lowest BCUT2D eigenvalue weighted by Gasteiger charge is -2.03. The van der Waals surface area contributed by atoms with Gasteiger partial charge in [-0.3, -0.25) is 9.19 Å². The fourth-order valence-corrected chi connectivity index (χ4v) is 1.12. The van der Waals surface area contributed by atoms with E-state index in [0.717, 1.165) is 0 Å². The van der Waals surface area contributed by atoms with E-state index in [4.69, 9.17) is 5.11 Å². The third-order valence-corrected chi connectivity index (χ3v) is 1.63. The third-order valence-electron chi connectivity index (χ3n) is 1.06. The van der Waals surface area contributed by atoms with Crippen molar-refractivity contribution in [1.29, 1.82) is 0 Å².